The number of phenolic OH excluding ortho intramolecular Hbond substituents is 1. The summed E-state index contributed by atoms with van der Waals surface area (Å²) in [6, 6.07) is 4.43. The summed E-state index contributed by atoms with van der Waals surface area (Å²) >= 11 is 0. The number of carbonyl (C=O) groups excluding carboxylic acids is 1. The zero-order chi connectivity index (χ0) is 19.7. The molecule has 0 aliphatic rings. The van der Waals surface area contributed by atoms with Gasteiger partial charge in [-0.2, -0.15) is 0 Å². The normalized spacial score (nSPS) is 11.3. The maximum absolute atomic E-state index is 12.6. The molecule has 0 atom stereocenters. The number of aromatic nitrogens is 1. The van der Waals surface area contributed by atoms with Crippen molar-refractivity contribution in [1.82, 2.24) is 5.16 Å². The molecule has 2 aromatic heterocycles. The monoisotopic (exact) mass is 371 g/mol. The van der Waals surface area contributed by atoms with E-state index < -0.39 is 11.6 Å². The van der Waals surface area contributed by atoms with Crippen molar-refractivity contribution < 1.29 is 23.6 Å². The van der Waals surface area contributed by atoms with Gasteiger partial charge in [-0.05, 0) is 25.0 Å². The molecule has 3 rings (SSSR count). The summed E-state index contributed by atoms with van der Waals surface area (Å²) < 4.78 is 15.8. The van der Waals surface area contributed by atoms with E-state index in [4.69, 9.17) is 13.7 Å². The first-order chi connectivity index (χ1) is 12.8. The maximum atomic E-state index is 12.6. The third-order valence-corrected chi connectivity index (χ3v) is 4.39. The fourth-order valence-corrected chi connectivity index (χ4v) is 2.95. The number of hydrogen-bond acceptors (Lipinski definition) is 7. The van der Waals surface area contributed by atoms with E-state index in [1.165, 1.54) is 12.1 Å². The molecular formula is C20H21NO6. The van der Waals surface area contributed by atoms with Crippen LogP contribution in [0.3, 0.4) is 0 Å². The van der Waals surface area contributed by atoms with Gasteiger partial charge in [-0.25, -0.2) is 9.59 Å². The molecule has 1 aromatic carbocycles. The topological polar surface area (TPSA) is 103 Å². The summed E-state index contributed by atoms with van der Waals surface area (Å²) in [5.74, 6) is -0.0566. The summed E-state index contributed by atoms with van der Waals surface area (Å²) in [5.41, 5.74) is 1.64. The molecule has 0 spiro atoms. The van der Waals surface area contributed by atoms with E-state index in [9.17, 15) is 14.7 Å². The first-order valence-corrected chi connectivity index (χ1v) is 8.73. The first-order valence-electron chi connectivity index (χ1n) is 8.73. The predicted molar refractivity (Wildman–Crippen MR) is 98.0 cm³/mol. The van der Waals surface area contributed by atoms with Gasteiger partial charge < -0.3 is 18.8 Å². The number of rotatable bonds is 5. The fraction of sp³-hybridized carbons (Fsp3) is 0.350. The highest BCUT2D eigenvalue weighted by Gasteiger charge is 2.24. The molecule has 7 heteroatoms. The Labute approximate surface area is 155 Å². The van der Waals surface area contributed by atoms with Crippen LogP contribution in [0.25, 0.3) is 11.0 Å². The average Bonchev–Trinajstić information content (AvgIpc) is 3.00. The van der Waals surface area contributed by atoms with Gasteiger partial charge in [0.25, 0.3) is 0 Å². The molecule has 0 unspecified atom stereocenters. The van der Waals surface area contributed by atoms with Gasteiger partial charge in [-0.15, -0.1) is 0 Å². The number of hydrogen-bond donors (Lipinski definition) is 1. The molecule has 0 amide bonds. The average molecular weight is 371 g/mol. The molecule has 7 nitrogen and oxygen atoms in total. The summed E-state index contributed by atoms with van der Waals surface area (Å²) in [6.07, 6.45) is 0.609. The van der Waals surface area contributed by atoms with E-state index in [0.29, 0.717) is 40.0 Å². The number of phenols is 1. The van der Waals surface area contributed by atoms with E-state index >= 15 is 0 Å². The first kappa shape index (κ1) is 18.7. The Kier molecular flexibility index (Phi) is 5.03. The lowest BCUT2D eigenvalue weighted by Gasteiger charge is -2.10. The molecule has 0 fully saturated rings. The van der Waals surface area contributed by atoms with Crippen LogP contribution in [0.15, 0.2) is 31.9 Å². The molecule has 0 radical (unpaired) electrons. The van der Waals surface area contributed by atoms with Crippen LogP contribution in [-0.2, 0) is 17.8 Å². The lowest BCUT2D eigenvalue weighted by molar-refractivity contribution is 0.0470. The van der Waals surface area contributed by atoms with E-state index in [0.717, 1.165) is 0 Å². The Morgan fingerprint density at radius 3 is 2.67 bits per heavy atom. The number of nitrogens with zero attached hydrogens (tertiary/aromatic N) is 1. The minimum Gasteiger partial charge on any atom is -0.508 e. The lowest BCUT2D eigenvalue weighted by atomic mass is 10.0. The van der Waals surface area contributed by atoms with Gasteiger partial charge in [0, 0.05) is 29.0 Å². The van der Waals surface area contributed by atoms with Crippen LogP contribution in [0.5, 0.6) is 5.75 Å². The Bertz CT molecular complexity index is 1060. The Hall–Kier alpha value is -3.09. The van der Waals surface area contributed by atoms with Crippen LogP contribution in [0, 0.1) is 6.92 Å². The molecule has 142 valence electrons. The smallest absolute Gasteiger partial charge is 0.344 e. The van der Waals surface area contributed by atoms with Crippen LogP contribution in [0.4, 0.5) is 0 Å². The second-order valence-corrected chi connectivity index (χ2v) is 6.66. The van der Waals surface area contributed by atoms with Crippen molar-refractivity contribution in [2.75, 3.05) is 0 Å². The van der Waals surface area contributed by atoms with Crippen LogP contribution in [0.2, 0.25) is 0 Å². The highest BCUT2D eigenvalue weighted by Crippen LogP contribution is 2.28. The second kappa shape index (κ2) is 7.26. The van der Waals surface area contributed by atoms with Crippen molar-refractivity contribution in [1.29, 1.82) is 0 Å². The number of ether oxygens (including phenoxy) is 1. The molecule has 0 aliphatic carbocycles. The number of benzene rings is 1. The van der Waals surface area contributed by atoms with Crippen molar-refractivity contribution in [2.24, 2.45) is 0 Å². The molecule has 0 aliphatic heterocycles. The number of aryl methyl sites for hydroxylation is 2. The minimum absolute atomic E-state index is 0.0200. The number of aromatic hydroxyl groups is 1. The molecule has 1 N–H and O–H groups in total. The zero-order valence-electron chi connectivity index (χ0n) is 15.7. The van der Waals surface area contributed by atoms with Crippen molar-refractivity contribution in [3.8, 4) is 5.75 Å². The van der Waals surface area contributed by atoms with Gasteiger partial charge in [-0.3, -0.25) is 0 Å². The predicted octanol–water partition coefficient (Wildman–Crippen LogP) is 3.84. The van der Waals surface area contributed by atoms with E-state index in [1.54, 1.807) is 13.0 Å². The van der Waals surface area contributed by atoms with Crippen LogP contribution < -0.4 is 5.63 Å². The van der Waals surface area contributed by atoms with Gasteiger partial charge >= 0.3 is 11.6 Å². The molecular weight excluding hydrogens is 350 g/mol. The van der Waals surface area contributed by atoms with Gasteiger partial charge in [-0.1, -0.05) is 25.9 Å². The van der Waals surface area contributed by atoms with Gasteiger partial charge in [0.2, 0.25) is 0 Å². The van der Waals surface area contributed by atoms with E-state index in [-0.39, 0.29) is 23.9 Å². The quantitative estimate of drug-likeness (QED) is 0.537. The summed E-state index contributed by atoms with van der Waals surface area (Å²) in [7, 11) is 0. The maximum Gasteiger partial charge on any atom is 0.344 e. The molecule has 2 heterocycles. The highest BCUT2D eigenvalue weighted by molar-refractivity contribution is 5.92. The molecule has 0 saturated carbocycles. The van der Waals surface area contributed by atoms with Crippen LogP contribution in [0.1, 0.15) is 59.6 Å². The molecule has 3 aromatic rings. The third kappa shape index (κ3) is 3.58. The fourth-order valence-electron chi connectivity index (χ4n) is 2.95. The summed E-state index contributed by atoms with van der Waals surface area (Å²) in [6.45, 7) is 7.25. The molecule has 0 bridgehead atoms. The summed E-state index contributed by atoms with van der Waals surface area (Å²) in [4.78, 5) is 24.4. The Balaban J connectivity index is 1.94. The zero-order valence-corrected chi connectivity index (χ0v) is 15.7. The molecule has 0 saturated heterocycles. The second-order valence-electron chi connectivity index (χ2n) is 6.66. The van der Waals surface area contributed by atoms with Crippen molar-refractivity contribution in [3.63, 3.8) is 0 Å². The van der Waals surface area contributed by atoms with Crippen molar-refractivity contribution in [3.05, 3.63) is 56.8 Å². The van der Waals surface area contributed by atoms with Gasteiger partial charge in [0.15, 0.2) is 5.76 Å². The lowest BCUT2D eigenvalue weighted by Crippen LogP contribution is -2.10. The van der Waals surface area contributed by atoms with Crippen LogP contribution >= 0.6 is 0 Å². The minimum atomic E-state index is -0.582. The third-order valence-electron chi connectivity index (χ3n) is 4.39. The number of carbonyl (C=O) groups is 1. The Morgan fingerprint density at radius 2 is 2.00 bits per heavy atom. The largest absolute Gasteiger partial charge is 0.508 e. The van der Waals surface area contributed by atoms with Crippen LogP contribution in [-0.4, -0.2) is 16.2 Å². The highest BCUT2D eigenvalue weighted by atomic mass is 16.5. The van der Waals surface area contributed by atoms with E-state index in [2.05, 4.69) is 5.16 Å². The Morgan fingerprint density at radius 1 is 1.26 bits per heavy atom. The van der Waals surface area contributed by atoms with E-state index in [1.807, 2.05) is 20.8 Å². The summed E-state index contributed by atoms with van der Waals surface area (Å²) in [5, 5.41) is 14.4. The standard InChI is InChI=1S/C20H21NO6/c1-5-12-6-14-13(7-17(23)26-16(14)8-15(12)22)9-25-20(24)18-11(4)21-27-19(18)10(2)3/h6-8,10,22H,5,9H2,1-4H3. The van der Waals surface area contributed by atoms with Gasteiger partial charge in [0.05, 0.1) is 5.69 Å². The van der Waals surface area contributed by atoms with Gasteiger partial charge in [0.1, 0.15) is 23.5 Å². The number of fused-ring (bicyclic) bond motifs is 1. The number of esters is 1. The van der Waals surface area contributed by atoms with Crippen molar-refractivity contribution >= 4 is 16.9 Å². The SMILES string of the molecule is CCc1cc2c(COC(=O)c3c(C)noc3C(C)C)cc(=O)oc2cc1O. The van der Waals surface area contributed by atoms with Crippen molar-refractivity contribution in [2.45, 2.75) is 46.6 Å². The molecule has 27 heavy (non-hydrogen) atoms.